The third kappa shape index (κ3) is 5.80. The second-order valence-corrected chi connectivity index (χ2v) is 11.5. The number of aromatic nitrogens is 3. The molecule has 1 amide bonds. The van der Waals surface area contributed by atoms with Crippen LogP contribution in [0.3, 0.4) is 0 Å². The summed E-state index contributed by atoms with van der Waals surface area (Å²) in [5.74, 6) is 1.99. The second kappa shape index (κ2) is 11.5. The van der Waals surface area contributed by atoms with E-state index in [0.29, 0.717) is 30.5 Å². The lowest BCUT2D eigenvalue weighted by Crippen LogP contribution is -2.39. The van der Waals surface area contributed by atoms with Gasteiger partial charge in [-0.2, -0.15) is 5.26 Å². The molecule has 1 fully saturated rings. The Kier molecular flexibility index (Phi) is 7.80. The van der Waals surface area contributed by atoms with Gasteiger partial charge in [-0.25, -0.2) is 9.97 Å². The van der Waals surface area contributed by atoms with Crippen molar-refractivity contribution >= 4 is 22.8 Å². The first-order valence-corrected chi connectivity index (χ1v) is 14.0. The van der Waals surface area contributed by atoms with Crippen LogP contribution in [0.4, 0.5) is 5.82 Å². The molecule has 1 aliphatic heterocycles. The predicted molar refractivity (Wildman–Crippen MR) is 161 cm³/mol. The van der Waals surface area contributed by atoms with Gasteiger partial charge in [0.05, 0.1) is 11.4 Å². The molecule has 2 aromatic heterocycles. The normalized spacial score (nSPS) is 15.9. The van der Waals surface area contributed by atoms with E-state index in [1.165, 1.54) is 6.33 Å². The molecule has 0 spiro atoms. The summed E-state index contributed by atoms with van der Waals surface area (Å²) in [5, 5.41) is 10.6. The number of fused-ring (bicyclic) bond motifs is 1. The first-order valence-electron chi connectivity index (χ1n) is 14.0. The zero-order valence-corrected chi connectivity index (χ0v) is 24.0. The number of nitrogens with two attached hydrogens (primary N) is 1. The van der Waals surface area contributed by atoms with Crippen LogP contribution in [-0.4, -0.2) is 37.9 Å². The van der Waals surface area contributed by atoms with E-state index in [2.05, 4.69) is 48.3 Å². The van der Waals surface area contributed by atoms with Crippen LogP contribution >= 0.6 is 0 Å². The van der Waals surface area contributed by atoms with Gasteiger partial charge in [0.25, 0.3) is 5.91 Å². The van der Waals surface area contributed by atoms with Crippen LogP contribution in [0.1, 0.15) is 40.5 Å². The lowest BCUT2D eigenvalue weighted by molar-refractivity contribution is -0.127. The number of ether oxygens (including phenoxy) is 1. The quantitative estimate of drug-likeness (QED) is 0.196. The number of carbonyl (C=O) groups is 1. The van der Waals surface area contributed by atoms with Crippen molar-refractivity contribution in [3.8, 4) is 28.7 Å². The number of amides is 1. The van der Waals surface area contributed by atoms with E-state index >= 15 is 0 Å². The number of benzene rings is 2. The number of hydrogen-bond donors (Lipinski definition) is 1. The van der Waals surface area contributed by atoms with Gasteiger partial charge in [-0.15, -0.1) is 0 Å². The number of hydrogen-bond acceptors (Lipinski definition) is 6. The third-order valence-electron chi connectivity index (χ3n) is 8.23. The van der Waals surface area contributed by atoms with E-state index in [4.69, 9.17) is 10.5 Å². The maximum atomic E-state index is 13.6. The highest BCUT2D eigenvalue weighted by molar-refractivity contribution is 6.01. The van der Waals surface area contributed by atoms with Crippen molar-refractivity contribution in [2.75, 3.05) is 12.3 Å². The molecular formula is C33H36N6O2. The summed E-state index contributed by atoms with van der Waals surface area (Å²) in [4.78, 5) is 24.2. The lowest BCUT2D eigenvalue weighted by Gasteiger charge is -2.28. The molecule has 0 saturated carbocycles. The Balaban J connectivity index is 1.43. The average Bonchev–Trinajstić information content (AvgIpc) is 3.58. The molecule has 0 unspecified atom stereocenters. The zero-order chi connectivity index (χ0) is 29.1. The van der Waals surface area contributed by atoms with Crippen molar-refractivity contribution in [3.05, 3.63) is 78.8 Å². The number of likely N-dealkylation sites (tertiary alicyclic amines) is 1. The summed E-state index contributed by atoms with van der Waals surface area (Å²) in [6.07, 6.45) is 7.06. The first kappa shape index (κ1) is 27.9. The Hall–Kier alpha value is -4.64. The zero-order valence-electron chi connectivity index (χ0n) is 24.0. The van der Waals surface area contributed by atoms with E-state index in [1.54, 1.807) is 0 Å². The summed E-state index contributed by atoms with van der Waals surface area (Å²) in [6.45, 7) is 9.47. The number of allylic oxidation sites excluding steroid dienone is 1. The van der Waals surface area contributed by atoms with E-state index in [0.717, 1.165) is 40.9 Å². The SMILES string of the molecule is CC(C)C(C)(C)/C=C(\C#N)C(=O)N1CCC[C@@H]1Cn1cc(-c2ccc(Oc3ccccc3)cc2)c2c(N)ncnc21. The van der Waals surface area contributed by atoms with Gasteiger partial charge in [0.2, 0.25) is 0 Å². The summed E-state index contributed by atoms with van der Waals surface area (Å²) in [6, 6.07) is 19.6. The highest BCUT2D eigenvalue weighted by atomic mass is 16.5. The number of para-hydroxylation sites is 1. The van der Waals surface area contributed by atoms with Gasteiger partial charge in [0.15, 0.2) is 0 Å². The number of anilines is 1. The fourth-order valence-corrected chi connectivity index (χ4v) is 5.19. The van der Waals surface area contributed by atoms with Crippen molar-refractivity contribution in [3.63, 3.8) is 0 Å². The van der Waals surface area contributed by atoms with Crippen molar-refractivity contribution in [1.29, 1.82) is 5.26 Å². The van der Waals surface area contributed by atoms with Crippen LogP contribution in [-0.2, 0) is 11.3 Å². The van der Waals surface area contributed by atoms with E-state index in [9.17, 15) is 10.1 Å². The van der Waals surface area contributed by atoms with Gasteiger partial charge >= 0.3 is 0 Å². The highest BCUT2D eigenvalue weighted by Gasteiger charge is 2.33. The molecule has 8 heteroatoms. The van der Waals surface area contributed by atoms with Crippen LogP contribution in [0.5, 0.6) is 11.5 Å². The Morgan fingerprint density at radius 3 is 2.54 bits per heavy atom. The Bertz CT molecular complexity index is 1610. The van der Waals surface area contributed by atoms with Crippen molar-refractivity contribution in [1.82, 2.24) is 19.4 Å². The molecule has 2 aromatic carbocycles. The van der Waals surface area contributed by atoms with Crippen LogP contribution in [0, 0.1) is 22.7 Å². The summed E-state index contributed by atoms with van der Waals surface area (Å²) >= 11 is 0. The summed E-state index contributed by atoms with van der Waals surface area (Å²) in [5.41, 5.74) is 8.90. The second-order valence-electron chi connectivity index (χ2n) is 11.5. The topological polar surface area (TPSA) is 110 Å². The molecular weight excluding hydrogens is 512 g/mol. The predicted octanol–water partition coefficient (Wildman–Crippen LogP) is 6.60. The van der Waals surface area contributed by atoms with E-state index in [1.807, 2.05) is 71.8 Å². The smallest absolute Gasteiger partial charge is 0.264 e. The van der Waals surface area contributed by atoms with Crippen LogP contribution in [0.25, 0.3) is 22.2 Å². The molecule has 210 valence electrons. The maximum Gasteiger partial charge on any atom is 0.264 e. The van der Waals surface area contributed by atoms with Crippen LogP contribution in [0.15, 0.2) is 78.8 Å². The maximum absolute atomic E-state index is 13.6. The number of nitriles is 1. The van der Waals surface area contributed by atoms with E-state index < -0.39 is 0 Å². The van der Waals surface area contributed by atoms with Crippen molar-refractivity contribution < 1.29 is 9.53 Å². The largest absolute Gasteiger partial charge is 0.457 e. The molecule has 0 bridgehead atoms. The summed E-state index contributed by atoms with van der Waals surface area (Å²) < 4.78 is 8.02. The molecule has 0 aliphatic carbocycles. The van der Waals surface area contributed by atoms with Gasteiger partial charge in [-0.1, -0.05) is 64.1 Å². The molecule has 2 N–H and O–H groups in total. The standard InChI is InChI=1S/C33H36N6O2/c1-22(2)33(3,4)17-24(18-34)32(40)39-16-8-9-25(39)19-38-20-28(29-30(35)36-21-37-31(29)38)23-12-14-27(15-13-23)41-26-10-6-5-7-11-26/h5-7,10-15,17,20-22,25H,8-9,16,19H2,1-4H3,(H2,35,36,37)/b24-17+/t25-/m1/s1. The lowest BCUT2D eigenvalue weighted by atomic mass is 9.79. The van der Waals surface area contributed by atoms with E-state index in [-0.39, 0.29) is 22.9 Å². The minimum Gasteiger partial charge on any atom is -0.457 e. The Morgan fingerprint density at radius 1 is 1.15 bits per heavy atom. The highest BCUT2D eigenvalue weighted by Crippen LogP contribution is 2.35. The van der Waals surface area contributed by atoms with Crippen LogP contribution in [0.2, 0.25) is 0 Å². The molecule has 8 nitrogen and oxygen atoms in total. The molecule has 1 saturated heterocycles. The molecule has 0 radical (unpaired) electrons. The number of nitrogen functional groups attached to an aromatic ring is 1. The van der Waals surface area contributed by atoms with Gasteiger partial charge in [-0.05, 0) is 54.0 Å². The first-order chi connectivity index (χ1) is 19.7. The monoisotopic (exact) mass is 548 g/mol. The van der Waals surface area contributed by atoms with Gasteiger partial charge in [0, 0.05) is 24.8 Å². The fraction of sp³-hybridized carbons (Fsp3) is 0.333. The van der Waals surface area contributed by atoms with Crippen molar-refractivity contribution in [2.24, 2.45) is 11.3 Å². The molecule has 1 atom stereocenters. The minimum absolute atomic E-state index is 0.0669. The molecule has 3 heterocycles. The summed E-state index contributed by atoms with van der Waals surface area (Å²) in [7, 11) is 0. The number of rotatable bonds is 8. The Morgan fingerprint density at radius 2 is 1.85 bits per heavy atom. The number of nitrogens with zero attached hydrogens (tertiary/aromatic N) is 5. The van der Waals surface area contributed by atoms with Gasteiger partial charge < -0.3 is 19.9 Å². The molecule has 1 aliphatic rings. The van der Waals surface area contributed by atoms with Crippen LogP contribution < -0.4 is 10.5 Å². The molecule has 4 aromatic rings. The molecule has 41 heavy (non-hydrogen) atoms. The number of carbonyl (C=O) groups excluding carboxylic acids is 1. The fourth-order valence-electron chi connectivity index (χ4n) is 5.19. The third-order valence-corrected chi connectivity index (χ3v) is 8.23. The molecule has 5 rings (SSSR count). The Labute approximate surface area is 241 Å². The average molecular weight is 549 g/mol. The van der Waals surface area contributed by atoms with Crippen molar-refractivity contribution in [2.45, 2.75) is 53.1 Å². The van der Waals surface area contributed by atoms with Gasteiger partial charge in [-0.3, -0.25) is 4.79 Å². The van der Waals surface area contributed by atoms with Gasteiger partial charge in [0.1, 0.15) is 40.9 Å². The minimum atomic E-state index is -0.266.